The van der Waals surface area contributed by atoms with Crippen LogP contribution in [0.5, 0.6) is 0 Å². The van der Waals surface area contributed by atoms with E-state index in [4.69, 9.17) is 16.3 Å². The lowest BCUT2D eigenvalue weighted by atomic mass is 10.1. The molecule has 1 aliphatic heterocycles. The summed E-state index contributed by atoms with van der Waals surface area (Å²) in [6, 6.07) is 6.07. The van der Waals surface area contributed by atoms with Gasteiger partial charge in [0.25, 0.3) is 0 Å². The van der Waals surface area contributed by atoms with E-state index >= 15 is 0 Å². The van der Waals surface area contributed by atoms with Crippen LogP contribution in [0.1, 0.15) is 24.8 Å². The fourth-order valence-corrected chi connectivity index (χ4v) is 2.08. The number of benzene rings is 1. The Bertz CT molecular complexity index is 348. The minimum atomic E-state index is 0.355. The van der Waals surface area contributed by atoms with Crippen molar-refractivity contribution in [1.82, 2.24) is 0 Å². The fourth-order valence-electron chi connectivity index (χ4n) is 1.90. The lowest BCUT2D eigenvalue weighted by Gasteiger charge is -2.23. The molecule has 0 amide bonds. The Labute approximate surface area is 102 Å². The summed E-state index contributed by atoms with van der Waals surface area (Å²) in [6.07, 6.45) is 3.99. The van der Waals surface area contributed by atoms with Crippen LogP contribution in [0.25, 0.3) is 0 Å². The first-order valence-corrected chi connectivity index (χ1v) is 6.25. The molecule has 1 aromatic carbocycles. The van der Waals surface area contributed by atoms with Crippen LogP contribution in [-0.2, 0) is 4.74 Å². The smallest absolute Gasteiger partial charge is 0.0747 e. The van der Waals surface area contributed by atoms with E-state index in [0.29, 0.717) is 6.10 Å². The molecule has 0 aromatic heterocycles. The van der Waals surface area contributed by atoms with E-state index in [1.807, 2.05) is 19.1 Å². The number of rotatable bonds is 3. The van der Waals surface area contributed by atoms with Crippen molar-refractivity contribution in [1.29, 1.82) is 0 Å². The summed E-state index contributed by atoms with van der Waals surface area (Å²) >= 11 is 6.06. The highest BCUT2D eigenvalue weighted by molar-refractivity contribution is 6.31. The number of hydrogen-bond acceptors (Lipinski definition) is 2. The summed E-state index contributed by atoms with van der Waals surface area (Å²) in [7, 11) is 0. The molecular formula is C13H18ClNO. The monoisotopic (exact) mass is 239 g/mol. The van der Waals surface area contributed by atoms with Crippen molar-refractivity contribution < 1.29 is 4.74 Å². The van der Waals surface area contributed by atoms with E-state index in [0.717, 1.165) is 35.8 Å². The average Bonchev–Trinajstić information content (AvgIpc) is 2.32. The highest BCUT2D eigenvalue weighted by atomic mass is 35.5. The molecule has 0 bridgehead atoms. The molecule has 1 heterocycles. The second-order valence-corrected chi connectivity index (χ2v) is 4.74. The van der Waals surface area contributed by atoms with Gasteiger partial charge in [-0.2, -0.15) is 0 Å². The van der Waals surface area contributed by atoms with Gasteiger partial charge in [-0.15, -0.1) is 0 Å². The highest BCUT2D eigenvalue weighted by Gasteiger charge is 2.13. The third-order valence-corrected chi connectivity index (χ3v) is 3.39. The largest absolute Gasteiger partial charge is 0.382 e. The summed E-state index contributed by atoms with van der Waals surface area (Å²) in [5.74, 6) is 0. The third-order valence-electron chi connectivity index (χ3n) is 2.98. The molecule has 3 heteroatoms. The second-order valence-electron chi connectivity index (χ2n) is 4.33. The Balaban J connectivity index is 1.86. The van der Waals surface area contributed by atoms with Crippen LogP contribution in [0.2, 0.25) is 5.02 Å². The molecule has 1 unspecified atom stereocenters. The Morgan fingerprint density at radius 2 is 2.31 bits per heavy atom. The Morgan fingerprint density at radius 3 is 3.00 bits per heavy atom. The van der Waals surface area contributed by atoms with Crippen LogP contribution in [0.3, 0.4) is 0 Å². The van der Waals surface area contributed by atoms with Crippen molar-refractivity contribution >= 4 is 17.3 Å². The van der Waals surface area contributed by atoms with Crippen LogP contribution in [0, 0.1) is 6.92 Å². The summed E-state index contributed by atoms with van der Waals surface area (Å²) < 4.78 is 5.66. The molecule has 0 radical (unpaired) electrons. The molecule has 1 fully saturated rings. The number of halogens is 1. The number of nitrogens with one attached hydrogen (secondary N) is 1. The van der Waals surface area contributed by atoms with Gasteiger partial charge < -0.3 is 10.1 Å². The van der Waals surface area contributed by atoms with Gasteiger partial charge in [0.2, 0.25) is 0 Å². The molecular weight excluding hydrogens is 222 g/mol. The van der Waals surface area contributed by atoms with Crippen molar-refractivity contribution in [2.75, 3.05) is 18.5 Å². The van der Waals surface area contributed by atoms with Gasteiger partial charge in [-0.1, -0.05) is 17.7 Å². The number of hydrogen-bond donors (Lipinski definition) is 1. The molecule has 1 aliphatic rings. The van der Waals surface area contributed by atoms with Gasteiger partial charge >= 0.3 is 0 Å². The maximum Gasteiger partial charge on any atom is 0.0747 e. The minimum absolute atomic E-state index is 0.355. The van der Waals surface area contributed by atoms with Crippen molar-refractivity contribution in [3.8, 4) is 0 Å². The van der Waals surface area contributed by atoms with Gasteiger partial charge in [0.05, 0.1) is 6.10 Å². The molecule has 0 saturated carbocycles. The summed E-state index contributed by atoms with van der Waals surface area (Å²) in [4.78, 5) is 0. The molecule has 88 valence electrons. The third kappa shape index (κ3) is 3.13. The molecule has 16 heavy (non-hydrogen) atoms. The Hall–Kier alpha value is -0.730. The van der Waals surface area contributed by atoms with Gasteiger partial charge in [0.1, 0.15) is 0 Å². The molecule has 1 aromatic rings. The first-order valence-electron chi connectivity index (χ1n) is 5.87. The van der Waals surface area contributed by atoms with Crippen molar-refractivity contribution in [2.24, 2.45) is 0 Å². The number of ether oxygens (including phenoxy) is 1. The van der Waals surface area contributed by atoms with Gasteiger partial charge in [0.15, 0.2) is 0 Å². The van der Waals surface area contributed by atoms with E-state index in [2.05, 4.69) is 11.4 Å². The fraction of sp³-hybridized carbons (Fsp3) is 0.538. The minimum Gasteiger partial charge on any atom is -0.382 e. The molecule has 2 rings (SSSR count). The van der Waals surface area contributed by atoms with E-state index in [-0.39, 0.29) is 0 Å². The standard InChI is InChI=1S/C13H18ClNO/c1-10-5-6-11(8-13(10)14)15-9-12-4-2-3-7-16-12/h5-6,8,12,15H,2-4,7,9H2,1H3. The van der Waals surface area contributed by atoms with Gasteiger partial charge in [-0.05, 0) is 43.9 Å². The maximum absolute atomic E-state index is 6.06. The predicted molar refractivity (Wildman–Crippen MR) is 68.3 cm³/mol. The summed E-state index contributed by atoms with van der Waals surface area (Å²) in [6.45, 7) is 3.79. The number of anilines is 1. The average molecular weight is 240 g/mol. The molecule has 1 saturated heterocycles. The molecule has 0 spiro atoms. The summed E-state index contributed by atoms with van der Waals surface area (Å²) in [5.41, 5.74) is 2.19. The number of aryl methyl sites for hydroxylation is 1. The zero-order valence-corrected chi connectivity index (χ0v) is 10.4. The predicted octanol–water partition coefficient (Wildman–Crippen LogP) is 3.63. The van der Waals surface area contributed by atoms with Crippen LogP contribution < -0.4 is 5.32 Å². The normalized spacial score (nSPS) is 20.8. The van der Waals surface area contributed by atoms with E-state index in [9.17, 15) is 0 Å². The Morgan fingerprint density at radius 1 is 1.44 bits per heavy atom. The van der Waals surface area contributed by atoms with Crippen LogP contribution >= 0.6 is 11.6 Å². The van der Waals surface area contributed by atoms with E-state index in [1.165, 1.54) is 12.8 Å². The van der Waals surface area contributed by atoms with Crippen molar-refractivity contribution in [3.63, 3.8) is 0 Å². The lowest BCUT2D eigenvalue weighted by Crippen LogP contribution is -2.26. The van der Waals surface area contributed by atoms with E-state index < -0.39 is 0 Å². The molecule has 0 aliphatic carbocycles. The topological polar surface area (TPSA) is 21.3 Å². The highest BCUT2D eigenvalue weighted by Crippen LogP contribution is 2.20. The van der Waals surface area contributed by atoms with Crippen molar-refractivity contribution in [2.45, 2.75) is 32.3 Å². The van der Waals surface area contributed by atoms with Crippen molar-refractivity contribution in [3.05, 3.63) is 28.8 Å². The molecule has 2 nitrogen and oxygen atoms in total. The second kappa shape index (κ2) is 5.55. The van der Waals surface area contributed by atoms with Gasteiger partial charge in [-0.3, -0.25) is 0 Å². The van der Waals surface area contributed by atoms with E-state index in [1.54, 1.807) is 0 Å². The first kappa shape index (κ1) is 11.7. The maximum atomic E-state index is 6.06. The Kier molecular flexibility index (Phi) is 4.08. The van der Waals surface area contributed by atoms with Crippen LogP contribution in [0.15, 0.2) is 18.2 Å². The summed E-state index contributed by atoms with van der Waals surface area (Å²) in [5, 5.41) is 4.19. The zero-order valence-electron chi connectivity index (χ0n) is 9.63. The van der Waals surface area contributed by atoms with Crippen LogP contribution in [0.4, 0.5) is 5.69 Å². The quantitative estimate of drug-likeness (QED) is 0.870. The lowest BCUT2D eigenvalue weighted by molar-refractivity contribution is 0.0247. The molecule has 1 atom stereocenters. The first-order chi connectivity index (χ1) is 7.75. The van der Waals surface area contributed by atoms with Gasteiger partial charge in [-0.25, -0.2) is 0 Å². The molecule has 1 N–H and O–H groups in total. The SMILES string of the molecule is Cc1ccc(NCC2CCCCO2)cc1Cl. The van der Waals surface area contributed by atoms with Gasteiger partial charge in [0, 0.05) is 23.9 Å². The van der Waals surface area contributed by atoms with Crippen LogP contribution in [-0.4, -0.2) is 19.3 Å². The zero-order chi connectivity index (χ0) is 11.4.